The predicted molar refractivity (Wildman–Crippen MR) is 102 cm³/mol. The normalized spacial score (nSPS) is 10.8. The fraction of sp³-hybridized carbons (Fsp3) is 0.211. The molecule has 2 aromatic carbocycles. The molecule has 0 spiro atoms. The fourth-order valence-corrected chi connectivity index (χ4v) is 2.88. The van der Waals surface area contributed by atoms with Crippen molar-refractivity contribution in [2.24, 2.45) is 0 Å². The number of aromatic nitrogens is 2. The Kier molecular flexibility index (Phi) is 5.32. The Morgan fingerprint density at radius 3 is 2.74 bits per heavy atom. The number of aromatic amines is 1. The van der Waals surface area contributed by atoms with Crippen molar-refractivity contribution in [1.29, 1.82) is 0 Å². The van der Waals surface area contributed by atoms with E-state index in [-0.39, 0.29) is 22.5 Å². The van der Waals surface area contributed by atoms with E-state index < -0.39 is 5.97 Å². The summed E-state index contributed by atoms with van der Waals surface area (Å²) in [6.45, 7) is 2.46. The Morgan fingerprint density at radius 1 is 1.30 bits per heavy atom. The van der Waals surface area contributed by atoms with Crippen LogP contribution in [0.5, 0.6) is 11.5 Å². The van der Waals surface area contributed by atoms with E-state index in [4.69, 9.17) is 26.2 Å². The molecular formula is C19H17ClN2O5. The van der Waals surface area contributed by atoms with Gasteiger partial charge in [0.2, 0.25) is 0 Å². The number of hydrogen-bond acceptors (Lipinski definition) is 5. The van der Waals surface area contributed by atoms with Gasteiger partial charge in [0, 0.05) is 5.56 Å². The minimum absolute atomic E-state index is 0.0467. The van der Waals surface area contributed by atoms with E-state index in [0.29, 0.717) is 34.1 Å². The summed E-state index contributed by atoms with van der Waals surface area (Å²) in [7, 11) is 1.49. The second-order valence-electron chi connectivity index (χ2n) is 5.79. The number of carboxylic acids is 1. The molecule has 0 unspecified atom stereocenters. The monoisotopic (exact) mass is 388 g/mol. The molecule has 1 aromatic heterocycles. The number of rotatable bonds is 6. The summed E-state index contributed by atoms with van der Waals surface area (Å²) in [5, 5.41) is 9.76. The van der Waals surface area contributed by atoms with Gasteiger partial charge in [-0.3, -0.25) is 4.79 Å². The van der Waals surface area contributed by atoms with Crippen LogP contribution in [0.4, 0.5) is 0 Å². The number of aromatic carboxylic acids is 1. The molecule has 0 aliphatic rings. The smallest absolute Gasteiger partial charge is 0.335 e. The summed E-state index contributed by atoms with van der Waals surface area (Å²) in [6.07, 6.45) is 0.812. The number of nitrogens with one attached hydrogen (secondary N) is 1. The van der Waals surface area contributed by atoms with Gasteiger partial charge >= 0.3 is 5.97 Å². The zero-order valence-electron chi connectivity index (χ0n) is 14.7. The van der Waals surface area contributed by atoms with Crippen molar-refractivity contribution in [2.75, 3.05) is 13.7 Å². The van der Waals surface area contributed by atoms with Crippen molar-refractivity contribution in [3.05, 3.63) is 51.3 Å². The lowest BCUT2D eigenvalue weighted by Crippen LogP contribution is -2.10. The van der Waals surface area contributed by atoms with E-state index in [1.165, 1.54) is 25.3 Å². The Balaban J connectivity index is 2.15. The zero-order chi connectivity index (χ0) is 19.6. The number of fused-ring (bicyclic) bond motifs is 1. The second-order valence-corrected chi connectivity index (χ2v) is 6.20. The lowest BCUT2D eigenvalue weighted by atomic mass is 10.1. The number of hydrogen-bond donors (Lipinski definition) is 2. The van der Waals surface area contributed by atoms with Crippen LogP contribution in [-0.4, -0.2) is 34.8 Å². The van der Waals surface area contributed by atoms with Gasteiger partial charge in [0.1, 0.15) is 5.82 Å². The van der Waals surface area contributed by atoms with Crippen LogP contribution in [-0.2, 0) is 0 Å². The van der Waals surface area contributed by atoms with Gasteiger partial charge in [-0.15, -0.1) is 0 Å². The molecular weight excluding hydrogens is 372 g/mol. The molecule has 3 rings (SSSR count). The van der Waals surface area contributed by atoms with Crippen LogP contribution < -0.4 is 15.0 Å². The predicted octanol–water partition coefficient (Wildman–Crippen LogP) is 3.74. The van der Waals surface area contributed by atoms with Gasteiger partial charge in [-0.1, -0.05) is 18.5 Å². The highest BCUT2D eigenvalue weighted by molar-refractivity contribution is 6.32. The number of halogens is 1. The number of ether oxygens (including phenoxy) is 2. The first kappa shape index (κ1) is 18.7. The summed E-state index contributed by atoms with van der Waals surface area (Å²) in [4.78, 5) is 30.6. The first-order chi connectivity index (χ1) is 12.9. The average Bonchev–Trinajstić information content (AvgIpc) is 2.65. The van der Waals surface area contributed by atoms with E-state index >= 15 is 0 Å². The molecule has 0 aliphatic heterocycles. The number of carboxylic acid groups (broad SMARTS) is 1. The maximum absolute atomic E-state index is 12.4. The van der Waals surface area contributed by atoms with E-state index in [9.17, 15) is 9.59 Å². The van der Waals surface area contributed by atoms with Gasteiger partial charge in [-0.25, -0.2) is 9.78 Å². The van der Waals surface area contributed by atoms with Gasteiger partial charge in [-0.05, 0) is 36.8 Å². The van der Waals surface area contributed by atoms with Crippen LogP contribution in [0.25, 0.3) is 22.3 Å². The lowest BCUT2D eigenvalue weighted by molar-refractivity contribution is 0.0697. The molecule has 0 radical (unpaired) electrons. The Labute approximate surface area is 159 Å². The molecule has 0 fully saturated rings. The van der Waals surface area contributed by atoms with E-state index in [1.807, 2.05) is 6.92 Å². The SMILES string of the molecule is CCCOc1c(Cl)cc(-c2nc3cc(C(=O)O)ccc3c(=O)[nH]2)cc1OC. The number of carbonyl (C=O) groups is 1. The minimum atomic E-state index is -1.09. The molecule has 0 atom stereocenters. The first-order valence-electron chi connectivity index (χ1n) is 8.22. The lowest BCUT2D eigenvalue weighted by Gasteiger charge is -2.13. The topological polar surface area (TPSA) is 102 Å². The minimum Gasteiger partial charge on any atom is -0.493 e. The third-order valence-electron chi connectivity index (χ3n) is 3.91. The molecule has 0 saturated heterocycles. The summed E-state index contributed by atoms with van der Waals surface area (Å²) in [5.41, 5.74) is 0.453. The van der Waals surface area contributed by atoms with Crippen LogP contribution in [0.15, 0.2) is 35.1 Å². The molecule has 0 saturated carbocycles. The summed E-state index contributed by atoms with van der Waals surface area (Å²) in [6, 6.07) is 7.42. The fourth-order valence-electron chi connectivity index (χ4n) is 2.61. The summed E-state index contributed by atoms with van der Waals surface area (Å²) >= 11 is 6.32. The maximum Gasteiger partial charge on any atom is 0.335 e. The van der Waals surface area contributed by atoms with E-state index in [0.717, 1.165) is 6.42 Å². The van der Waals surface area contributed by atoms with Crippen LogP contribution in [0, 0.1) is 0 Å². The van der Waals surface area contributed by atoms with Crippen LogP contribution in [0.2, 0.25) is 5.02 Å². The number of nitrogens with zero attached hydrogens (tertiary/aromatic N) is 1. The van der Waals surface area contributed by atoms with Gasteiger partial charge in [0.15, 0.2) is 11.5 Å². The first-order valence-corrected chi connectivity index (χ1v) is 8.60. The van der Waals surface area contributed by atoms with Crippen molar-refractivity contribution < 1.29 is 19.4 Å². The average molecular weight is 389 g/mol. The largest absolute Gasteiger partial charge is 0.493 e. The molecule has 140 valence electrons. The molecule has 0 bridgehead atoms. The molecule has 7 nitrogen and oxygen atoms in total. The third-order valence-corrected chi connectivity index (χ3v) is 4.19. The standard InChI is InChI=1S/C19H17ClN2O5/c1-3-6-27-16-13(20)7-11(9-15(16)26-2)17-21-14-8-10(19(24)25)4-5-12(14)18(23)22-17/h4-5,7-9H,3,6H2,1-2H3,(H,24,25)(H,21,22,23). The van der Waals surface area contributed by atoms with Crippen molar-refractivity contribution in [3.8, 4) is 22.9 Å². The van der Waals surface area contributed by atoms with Gasteiger partial charge in [0.25, 0.3) is 5.56 Å². The van der Waals surface area contributed by atoms with Crippen molar-refractivity contribution in [3.63, 3.8) is 0 Å². The van der Waals surface area contributed by atoms with Gasteiger partial charge in [-0.2, -0.15) is 0 Å². The molecule has 3 aromatic rings. The van der Waals surface area contributed by atoms with Gasteiger partial charge in [0.05, 0.1) is 35.2 Å². The molecule has 27 heavy (non-hydrogen) atoms. The Bertz CT molecular complexity index is 1080. The second kappa shape index (κ2) is 7.67. The molecule has 1 heterocycles. The third kappa shape index (κ3) is 3.73. The molecule has 8 heteroatoms. The molecule has 2 N–H and O–H groups in total. The number of methoxy groups -OCH3 is 1. The van der Waals surface area contributed by atoms with Gasteiger partial charge < -0.3 is 19.6 Å². The maximum atomic E-state index is 12.4. The highest BCUT2D eigenvalue weighted by Gasteiger charge is 2.15. The summed E-state index contributed by atoms with van der Waals surface area (Å²) < 4.78 is 11.0. The van der Waals surface area contributed by atoms with E-state index in [2.05, 4.69) is 9.97 Å². The van der Waals surface area contributed by atoms with Crippen molar-refractivity contribution in [2.45, 2.75) is 13.3 Å². The van der Waals surface area contributed by atoms with E-state index in [1.54, 1.807) is 12.1 Å². The van der Waals surface area contributed by atoms with Crippen LogP contribution >= 0.6 is 11.6 Å². The highest BCUT2D eigenvalue weighted by Crippen LogP contribution is 2.38. The Hall–Kier alpha value is -3.06. The molecule has 0 aliphatic carbocycles. The van der Waals surface area contributed by atoms with Crippen LogP contribution in [0.3, 0.4) is 0 Å². The van der Waals surface area contributed by atoms with Crippen LogP contribution in [0.1, 0.15) is 23.7 Å². The molecule has 0 amide bonds. The quantitative estimate of drug-likeness (QED) is 0.667. The van der Waals surface area contributed by atoms with Crippen molar-refractivity contribution >= 4 is 28.5 Å². The number of benzene rings is 2. The Morgan fingerprint density at radius 2 is 2.07 bits per heavy atom. The number of H-pyrrole nitrogens is 1. The van der Waals surface area contributed by atoms with Crippen molar-refractivity contribution in [1.82, 2.24) is 9.97 Å². The zero-order valence-corrected chi connectivity index (χ0v) is 15.5. The highest BCUT2D eigenvalue weighted by atomic mass is 35.5. The summed E-state index contributed by atoms with van der Waals surface area (Å²) in [5.74, 6) is -0.0194.